The van der Waals surface area contributed by atoms with Crippen molar-refractivity contribution in [1.82, 2.24) is 9.88 Å². The Hall–Kier alpha value is -2.58. The Morgan fingerprint density at radius 1 is 1.18 bits per heavy atom. The lowest BCUT2D eigenvalue weighted by Gasteiger charge is -2.44. The number of carbonyl (C=O) groups excluding carboxylic acids is 1. The highest BCUT2D eigenvalue weighted by Crippen LogP contribution is 2.38. The highest BCUT2D eigenvalue weighted by atomic mass is 32.1. The van der Waals surface area contributed by atoms with Crippen LogP contribution in [0.1, 0.15) is 29.7 Å². The molecule has 1 spiro atoms. The Morgan fingerprint density at radius 2 is 1.94 bits per heavy atom. The lowest BCUT2D eigenvalue weighted by molar-refractivity contribution is -0.159. The molecular formula is C27H31N3O3S. The summed E-state index contributed by atoms with van der Waals surface area (Å²) in [7, 11) is 0. The molecule has 6 nitrogen and oxygen atoms in total. The number of piperidine rings is 1. The number of hydrogen-bond donors (Lipinski definition) is 1. The minimum absolute atomic E-state index is 0.0431. The summed E-state index contributed by atoms with van der Waals surface area (Å²) in [5.41, 5.74) is 2.92. The molecule has 5 rings (SSSR count). The summed E-state index contributed by atoms with van der Waals surface area (Å²) < 4.78 is 12.6. The molecule has 1 amide bonds. The zero-order valence-corrected chi connectivity index (χ0v) is 20.4. The van der Waals surface area contributed by atoms with E-state index < -0.39 is 0 Å². The summed E-state index contributed by atoms with van der Waals surface area (Å²) in [6.45, 7) is 5.21. The van der Waals surface area contributed by atoms with Crippen molar-refractivity contribution in [2.45, 2.75) is 44.5 Å². The van der Waals surface area contributed by atoms with E-state index in [1.54, 1.807) is 0 Å². The van der Waals surface area contributed by atoms with Crippen molar-refractivity contribution < 1.29 is 14.3 Å². The number of rotatable bonds is 7. The van der Waals surface area contributed by atoms with Crippen molar-refractivity contribution >= 4 is 22.4 Å². The minimum atomic E-state index is -0.223. The zero-order valence-electron chi connectivity index (χ0n) is 19.5. The average Bonchev–Trinajstić information content (AvgIpc) is 3.47. The van der Waals surface area contributed by atoms with Gasteiger partial charge in [0.05, 0.1) is 30.6 Å². The van der Waals surface area contributed by atoms with Gasteiger partial charge >= 0.3 is 0 Å². The smallest absolute Gasteiger partial charge is 0.240 e. The van der Waals surface area contributed by atoms with E-state index in [2.05, 4.69) is 27.3 Å². The molecule has 1 N–H and O–H groups in total. The quantitative estimate of drug-likeness (QED) is 0.525. The lowest BCUT2D eigenvalue weighted by Crippen LogP contribution is -2.57. The predicted octanol–water partition coefficient (Wildman–Crippen LogP) is 4.90. The van der Waals surface area contributed by atoms with Gasteiger partial charge in [-0.1, -0.05) is 60.7 Å². The van der Waals surface area contributed by atoms with Gasteiger partial charge in [0.2, 0.25) is 5.91 Å². The van der Waals surface area contributed by atoms with E-state index in [0.29, 0.717) is 24.8 Å². The normalized spacial score (nSPS) is 22.8. The van der Waals surface area contributed by atoms with E-state index in [1.807, 2.05) is 55.5 Å². The average molecular weight is 478 g/mol. The van der Waals surface area contributed by atoms with Gasteiger partial charge in [-0.2, -0.15) is 0 Å². The van der Waals surface area contributed by atoms with Gasteiger partial charge in [0.1, 0.15) is 0 Å². The van der Waals surface area contributed by atoms with Crippen LogP contribution < -0.4 is 5.32 Å². The number of likely N-dealkylation sites (tertiary alicyclic amines) is 1. The van der Waals surface area contributed by atoms with Crippen LogP contribution in [0, 0.1) is 6.92 Å². The fraction of sp³-hybridized carbons (Fsp3) is 0.407. The van der Waals surface area contributed by atoms with E-state index >= 15 is 0 Å². The van der Waals surface area contributed by atoms with Crippen molar-refractivity contribution in [1.29, 1.82) is 0 Å². The number of carbonyl (C=O) groups is 1. The van der Waals surface area contributed by atoms with Crippen molar-refractivity contribution in [2.24, 2.45) is 0 Å². The largest absolute Gasteiger partial charge is 0.372 e. The molecule has 0 unspecified atom stereocenters. The summed E-state index contributed by atoms with van der Waals surface area (Å²) >= 11 is 1.51. The second-order valence-electron chi connectivity index (χ2n) is 9.13. The molecule has 0 radical (unpaired) electrons. The summed E-state index contributed by atoms with van der Waals surface area (Å²) in [4.78, 5) is 20.8. The van der Waals surface area contributed by atoms with Crippen LogP contribution in [0.25, 0.3) is 11.3 Å². The Bertz CT molecular complexity index is 1100. The fourth-order valence-electron chi connectivity index (χ4n) is 4.97. The third-order valence-corrected chi connectivity index (χ3v) is 7.63. The number of nitrogens with zero attached hydrogens (tertiary/aromatic N) is 2. The summed E-state index contributed by atoms with van der Waals surface area (Å²) in [5.74, 6) is -0.0431. The number of benzene rings is 2. The molecule has 0 saturated carbocycles. The number of ether oxygens (including phenoxy) is 2. The molecule has 34 heavy (non-hydrogen) atoms. The van der Waals surface area contributed by atoms with Crippen LogP contribution >= 0.6 is 11.3 Å². The van der Waals surface area contributed by atoms with Crippen LogP contribution in [0.15, 0.2) is 60.7 Å². The van der Waals surface area contributed by atoms with Gasteiger partial charge in [0.25, 0.3) is 0 Å². The van der Waals surface area contributed by atoms with Gasteiger partial charge in [0.15, 0.2) is 5.13 Å². The molecule has 0 aliphatic carbocycles. The maximum atomic E-state index is 12.9. The molecule has 1 aromatic heterocycles. The highest BCUT2D eigenvalue weighted by molar-refractivity contribution is 7.16. The summed E-state index contributed by atoms with van der Waals surface area (Å²) in [6, 6.07) is 20.3. The molecule has 2 saturated heterocycles. The Labute approximate surface area is 204 Å². The second-order valence-corrected chi connectivity index (χ2v) is 10.3. The molecular weight excluding hydrogens is 446 g/mol. The van der Waals surface area contributed by atoms with Gasteiger partial charge in [-0.15, -0.1) is 11.3 Å². The molecule has 2 atom stereocenters. The lowest BCUT2D eigenvalue weighted by atomic mass is 9.85. The molecule has 2 fully saturated rings. The van der Waals surface area contributed by atoms with Crippen molar-refractivity contribution in [3.63, 3.8) is 0 Å². The van der Waals surface area contributed by atoms with Gasteiger partial charge in [-0.25, -0.2) is 4.98 Å². The number of thiazole rings is 1. The van der Waals surface area contributed by atoms with Crippen molar-refractivity contribution in [3.05, 3.63) is 71.1 Å². The Balaban J connectivity index is 1.21. The maximum Gasteiger partial charge on any atom is 0.240 e. The fourth-order valence-corrected chi connectivity index (χ4v) is 5.82. The molecule has 0 bridgehead atoms. The monoisotopic (exact) mass is 477 g/mol. The van der Waals surface area contributed by atoms with Crippen LogP contribution in [0.2, 0.25) is 0 Å². The standard InChI is InChI=1S/C27H31N3O3S/c1-20-25(22-11-6-3-7-12-22)29-26(34-20)28-24(31)18-30-15-14-27(13-8-16-33-27)23(17-30)32-19-21-9-4-2-5-10-21/h2-7,9-12,23H,8,13-19H2,1H3,(H,28,29,31)/t23-,27-/m1/s1. The number of hydrogen-bond acceptors (Lipinski definition) is 6. The second kappa shape index (κ2) is 10.4. The Morgan fingerprint density at radius 3 is 2.68 bits per heavy atom. The number of amides is 1. The Kier molecular flexibility index (Phi) is 7.06. The number of nitrogens with one attached hydrogen (secondary N) is 1. The minimum Gasteiger partial charge on any atom is -0.372 e. The van der Waals surface area contributed by atoms with Gasteiger partial charge in [-0.05, 0) is 31.7 Å². The summed E-state index contributed by atoms with van der Waals surface area (Å²) in [5, 5.41) is 3.65. The molecule has 7 heteroatoms. The number of anilines is 1. The maximum absolute atomic E-state index is 12.9. The SMILES string of the molecule is Cc1sc(NC(=O)CN2CC[C@]3(CCCO3)[C@H](OCc3ccccc3)C2)nc1-c1ccccc1. The third-order valence-electron chi connectivity index (χ3n) is 6.75. The highest BCUT2D eigenvalue weighted by Gasteiger charge is 2.47. The topological polar surface area (TPSA) is 63.7 Å². The van der Waals surface area contributed by atoms with Crippen LogP contribution in [0.5, 0.6) is 0 Å². The van der Waals surface area contributed by atoms with E-state index in [-0.39, 0.29) is 17.6 Å². The molecule has 3 heterocycles. The first-order valence-electron chi connectivity index (χ1n) is 12.0. The van der Waals surface area contributed by atoms with E-state index in [1.165, 1.54) is 11.3 Å². The van der Waals surface area contributed by atoms with Crippen molar-refractivity contribution in [3.8, 4) is 11.3 Å². The van der Waals surface area contributed by atoms with Crippen LogP contribution in [0.3, 0.4) is 0 Å². The van der Waals surface area contributed by atoms with E-state index in [9.17, 15) is 4.79 Å². The van der Waals surface area contributed by atoms with Gasteiger partial charge in [-0.3, -0.25) is 9.69 Å². The van der Waals surface area contributed by atoms with E-state index in [0.717, 1.165) is 54.1 Å². The molecule has 2 aromatic carbocycles. The van der Waals surface area contributed by atoms with Gasteiger partial charge in [0, 0.05) is 30.1 Å². The first kappa shape index (κ1) is 23.2. The number of aromatic nitrogens is 1. The summed E-state index contributed by atoms with van der Waals surface area (Å²) in [6.07, 6.45) is 2.92. The number of aryl methyl sites for hydroxylation is 1. The van der Waals surface area contributed by atoms with Crippen LogP contribution in [-0.4, -0.2) is 53.7 Å². The zero-order chi connectivity index (χ0) is 23.4. The first-order valence-corrected chi connectivity index (χ1v) is 12.8. The molecule has 2 aliphatic heterocycles. The molecule has 178 valence electrons. The van der Waals surface area contributed by atoms with Crippen LogP contribution in [-0.2, 0) is 20.9 Å². The first-order chi connectivity index (χ1) is 16.6. The van der Waals surface area contributed by atoms with Gasteiger partial charge < -0.3 is 14.8 Å². The van der Waals surface area contributed by atoms with E-state index in [4.69, 9.17) is 9.47 Å². The van der Waals surface area contributed by atoms with Crippen molar-refractivity contribution in [2.75, 3.05) is 31.6 Å². The van der Waals surface area contributed by atoms with Crippen LogP contribution in [0.4, 0.5) is 5.13 Å². The third kappa shape index (κ3) is 5.23. The molecule has 2 aliphatic rings. The molecule has 3 aromatic rings. The predicted molar refractivity (Wildman–Crippen MR) is 135 cm³/mol.